The SMILES string of the molecule is Cc1ccc(O)c(-n2nc(-c3ccccc3)cc2C(=O)O)c1. The zero-order valence-electron chi connectivity index (χ0n) is 11.9. The molecule has 2 aromatic carbocycles. The van der Waals surface area contributed by atoms with Crippen molar-refractivity contribution in [2.24, 2.45) is 0 Å². The van der Waals surface area contributed by atoms with E-state index in [1.165, 1.54) is 16.8 Å². The van der Waals surface area contributed by atoms with E-state index >= 15 is 0 Å². The van der Waals surface area contributed by atoms with Crippen LogP contribution in [0.15, 0.2) is 54.6 Å². The molecule has 1 aromatic heterocycles. The predicted octanol–water partition coefficient (Wildman–Crippen LogP) is 3.25. The molecule has 0 atom stereocenters. The van der Waals surface area contributed by atoms with Crippen LogP contribution in [0.5, 0.6) is 5.75 Å². The third-order valence-corrected chi connectivity index (χ3v) is 3.36. The highest BCUT2D eigenvalue weighted by atomic mass is 16.4. The zero-order chi connectivity index (χ0) is 15.7. The fourth-order valence-electron chi connectivity index (χ4n) is 2.27. The molecule has 0 saturated carbocycles. The van der Waals surface area contributed by atoms with E-state index in [9.17, 15) is 15.0 Å². The molecule has 0 aliphatic heterocycles. The molecule has 3 aromatic rings. The van der Waals surface area contributed by atoms with Crippen LogP contribution >= 0.6 is 0 Å². The average Bonchev–Trinajstić information content (AvgIpc) is 2.96. The highest BCUT2D eigenvalue weighted by Crippen LogP contribution is 2.27. The Labute approximate surface area is 127 Å². The van der Waals surface area contributed by atoms with E-state index in [2.05, 4.69) is 5.10 Å². The molecule has 22 heavy (non-hydrogen) atoms. The Morgan fingerprint density at radius 3 is 2.50 bits per heavy atom. The summed E-state index contributed by atoms with van der Waals surface area (Å²) in [5, 5.41) is 23.8. The molecule has 0 fully saturated rings. The summed E-state index contributed by atoms with van der Waals surface area (Å²) in [5.41, 5.74) is 2.61. The fourth-order valence-corrected chi connectivity index (χ4v) is 2.27. The molecule has 5 heteroatoms. The van der Waals surface area contributed by atoms with Crippen molar-refractivity contribution in [3.63, 3.8) is 0 Å². The second-order valence-corrected chi connectivity index (χ2v) is 4.99. The first-order chi connectivity index (χ1) is 10.6. The summed E-state index contributed by atoms with van der Waals surface area (Å²) in [6.45, 7) is 1.87. The van der Waals surface area contributed by atoms with Crippen LogP contribution < -0.4 is 0 Å². The Hall–Kier alpha value is -3.08. The van der Waals surface area contributed by atoms with Crippen LogP contribution in [-0.2, 0) is 0 Å². The van der Waals surface area contributed by atoms with Crippen LogP contribution in [-0.4, -0.2) is 26.0 Å². The van der Waals surface area contributed by atoms with Crippen LogP contribution in [0.4, 0.5) is 0 Å². The molecule has 0 aliphatic carbocycles. The standard InChI is InChI=1S/C17H14N2O3/c1-11-7-8-16(20)14(9-11)19-15(17(21)22)10-13(18-19)12-5-3-2-4-6-12/h2-10,20H,1H3,(H,21,22). The van der Waals surface area contributed by atoms with Gasteiger partial charge in [0.15, 0.2) is 5.69 Å². The maximum Gasteiger partial charge on any atom is 0.354 e. The van der Waals surface area contributed by atoms with E-state index < -0.39 is 5.97 Å². The van der Waals surface area contributed by atoms with Gasteiger partial charge in [0.1, 0.15) is 11.4 Å². The lowest BCUT2D eigenvalue weighted by atomic mass is 10.1. The van der Waals surface area contributed by atoms with Gasteiger partial charge in [0.2, 0.25) is 0 Å². The number of benzene rings is 2. The molecule has 0 aliphatic rings. The Morgan fingerprint density at radius 2 is 1.82 bits per heavy atom. The number of aromatic carboxylic acids is 1. The summed E-state index contributed by atoms with van der Waals surface area (Å²) in [5.74, 6) is -1.12. The smallest absolute Gasteiger partial charge is 0.354 e. The second-order valence-electron chi connectivity index (χ2n) is 4.99. The normalized spacial score (nSPS) is 10.6. The number of hydrogen-bond acceptors (Lipinski definition) is 3. The van der Waals surface area contributed by atoms with Gasteiger partial charge in [-0.2, -0.15) is 5.10 Å². The van der Waals surface area contributed by atoms with E-state index in [1.54, 1.807) is 12.1 Å². The first-order valence-corrected chi connectivity index (χ1v) is 6.75. The number of carbonyl (C=O) groups is 1. The molecule has 110 valence electrons. The van der Waals surface area contributed by atoms with E-state index in [0.29, 0.717) is 11.4 Å². The van der Waals surface area contributed by atoms with Crippen molar-refractivity contribution in [1.29, 1.82) is 0 Å². The lowest BCUT2D eigenvalue weighted by Gasteiger charge is -2.07. The first-order valence-electron chi connectivity index (χ1n) is 6.75. The topological polar surface area (TPSA) is 75.3 Å². The fraction of sp³-hybridized carbons (Fsp3) is 0.0588. The monoisotopic (exact) mass is 294 g/mol. The van der Waals surface area contributed by atoms with Gasteiger partial charge >= 0.3 is 5.97 Å². The quantitative estimate of drug-likeness (QED) is 0.777. The van der Waals surface area contributed by atoms with Crippen molar-refractivity contribution in [2.45, 2.75) is 6.92 Å². The molecule has 0 amide bonds. The molecule has 2 N–H and O–H groups in total. The number of aromatic nitrogens is 2. The van der Waals surface area contributed by atoms with E-state index in [-0.39, 0.29) is 11.4 Å². The number of rotatable bonds is 3. The lowest BCUT2D eigenvalue weighted by molar-refractivity contribution is 0.0687. The molecule has 0 saturated heterocycles. The third kappa shape index (κ3) is 2.44. The van der Waals surface area contributed by atoms with Crippen LogP contribution in [0.2, 0.25) is 0 Å². The molecule has 3 rings (SSSR count). The van der Waals surface area contributed by atoms with E-state index in [4.69, 9.17) is 0 Å². The number of carboxylic acids is 1. The minimum absolute atomic E-state index is 0.000229. The first kappa shape index (κ1) is 13.9. The summed E-state index contributed by atoms with van der Waals surface area (Å²) in [4.78, 5) is 11.5. The van der Waals surface area contributed by atoms with Crippen molar-refractivity contribution >= 4 is 5.97 Å². The number of nitrogens with zero attached hydrogens (tertiary/aromatic N) is 2. The maximum atomic E-state index is 11.5. The van der Waals surface area contributed by atoms with Gasteiger partial charge in [-0.15, -0.1) is 0 Å². The van der Waals surface area contributed by atoms with Crippen LogP contribution in [0.1, 0.15) is 16.1 Å². The Kier molecular flexibility index (Phi) is 3.39. The van der Waals surface area contributed by atoms with Gasteiger partial charge in [-0.1, -0.05) is 36.4 Å². The number of aromatic hydroxyl groups is 1. The molecule has 5 nitrogen and oxygen atoms in total. The van der Waals surface area contributed by atoms with Gasteiger partial charge in [-0.25, -0.2) is 9.48 Å². The molecular formula is C17H14N2O3. The average molecular weight is 294 g/mol. The second kappa shape index (κ2) is 5.37. The Balaban J connectivity index is 2.21. The number of phenolic OH excluding ortho intramolecular Hbond substituents is 1. The lowest BCUT2D eigenvalue weighted by Crippen LogP contribution is -2.08. The predicted molar refractivity (Wildman–Crippen MR) is 82.4 cm³/mol. The van der Waals surface area contributed by atoms with Gasteiger partial charge in [0.05, 0.1) is 5.69 Å². The minimum atomic E-state index is -1.10. The molecule has 0 unspecified atom stereocenters. The highest BCUT2D eigenvalue weighted by molar-refractivity contribution is 5.88. The van der Waals surface area contributed by atoms with Crippen molar-refractivity contribution < 1.29 is 15.0 Å². The summed E-state index contributed by atoms with van der Waals surface area (Å²) < 4.78 is 1.26. The maximum absolute atomic E-state index is 11.5. The molecular weight excluding hydrogens is 280 g/mol. The van der Waals surface area contributed by atoms with Crippen molar-refractivity contribution in [1.82, 2.24) is 9.78 Å². The van der Waals surface area contributed by atoms with E-state index in [1.807, 2.05) is 37.3 Å². The molecule has 0 bridgehead atoms. The van der Waals surface area contributed by atoms with Crippen LogP contribution in [0.3, 0.4) is 0 Å². The molecule has 1 heterocycles. The summed E-state index contributed by atoms with van der Waals surface area (Å²) in [6, 6.07) is 15.8. The number of hydrogen-bond donors (Lipinski definition) is 2. The van der Waals surface area contributed by atoms with Crippen LogP contribution in [0, 0.1) is 6.92 Å². The van der Waals surface area contributed by atoms with Gasteiger partial charge in [-0.05, 0) is 30.7 Å². The van der Waals surface area contributed by atoms with Gasteiger partial charge < -0.3 is 10.2 Å². The largest absolute Gasteiger partial charge is 0.506 e. The number of phenols is 1. The number of aryl methyl sites for hydroxylation is 1. The minimum Gasteiger partial charge on any atom is -0.506 e. The van der Waals surface area contributed by atoms with Crippen molar-refractivity contribution in [2.75, 3.05) is 0 Å². The van der Waals surface area contributed by atoms with Gasteiger partial charge in [0.25, 0.3) is 0 Å². The highest BCUT2D eigenvalue weighted by Gasteiger charge is 2.18. The molecule has 0 radical (unpaired) electrons. The van der Waals surface area contributed by atoms with Crippen LogP contribution in [0.25, 0.3) is 16.9 Å². The molecule has 0 spiro atoms. The summed E-state index contributed by atoms with van der Waals surface area (Å²) >= 11 is 0. The van der Waals surface area contributed by atoms with Crippen molar-refractivity contribution in [3.05, 3.63) is 65.9 Å². The third-order valence-electron chi connectivity index (χ3n) is 3.36. The Morgan fingerprint density at radius 1 is 1.09 bits per heavy atom. The summed E-state index contributed by atoms with van der Waals surface area (Å²) in [7, 11) is 0. The van der Waals surface area contributed by atoms with Gasteiger partial charge in [0, 0.05) is 5.56 Å². The Bertz CT molecular complexity index is 838. The van der Waals surface area contributed by atoms with Gasteiger partial charge in [-0.3, -0.25) is 0 Å². The summed E-state index contributed by atoms with van der Waals surface area (Å²) in [6.07, 6.45) is 0. The van der Waals surface area contributed by atoms with E-state index in [0.717, 1.165) is 11.1 Å². The number of carboxylic acid groups (broad SMARTS) is 1. The van der Waals surface area contributed by atoms with Crippen molar-refractivity contribution in [3.8, 4) is 22.7 Å². The zero-order valence-corrected chi connectivity index (χ0v) is 11.9.